The Morgan fingerprint density at radius 3 is 2.78 bits per heavy atom. The average molecular weight is 237 g/mol. The van der Waals surface area contributed by atoms with Crippen LogP contribution in [0.2, 0.25) is 0 Å². The van der Waals surface area contributed by atoms with Crippen LogP contribution in [0.15, 0.2) is 47.4 Å². The zero-order chi connectivity index (χ0) is 12.5. The molecule has 2 aromatic heterocycles. The van der Waals surface area contributed by atoms with Crippen molar-refractivity contribution in [1.29, 1.82) is 0 Å². The van der Waals surface area contributed by atoms with Gasteiger partial charge in [-0.1, -0.05) is 12.1 Å². The Morgan fingerprint density at radius 1 is 1.11 bits per heavy atom. The van der Waals surface area contributed by atoms with E-state index in [-0.39, 0.29) is 5.56 Å². The van der Waals surface area contributed by atoms with Crippen molar-refractivity contribution in [2.75, 3.05) is 0 Å². The fraction of sp³-hybridized carbons (Fsp3) is 0.0714. The summed E-state index contributed by atoms with van der Waals surface area (Å²) in [6.07, 6.45) is 1.72. The maximum Gasteiger partial charge on any atom is 0.259 e. The molecule has 0 bridgehead atoms. The van der Waals surface area contributed by atoms with Crippen LogP contribution in [0.1, 0.15) is 5.69 Å². The van der Waals surface area contributed by atoms with Gasteiger partial charge in [0, 0.05) is 17.5 Å². The van der Waals surface area contributed by atoms with E-state index in [0.717, 1.165) is 11.3 Å². The van der Waals surface area contributed by atoms with Gasteiger partial charge in [-0.2, -0.15) is 0 Å². The third-order valence-corrected chi connectivity index (χ3v) is 2.87. The fourth-order valence-corrected chi connectivity index (χ4v) is 1.95. The van der Waals surface area contributed by atoms with Crippen molar-refractivity contribution in [1.82, 2.24) is 15.0 Å². The maximum atomic E-state index is 12.0. The zero-order valence-electron chi connectivity index (χ0n) is 9.84. The number of nitrogens with zero attached hydrogens (tertiary/aromatic N) is 2. The number of pyridine rings is 1. The minimum absolute atomic E-state index is 0.126. The van der Waals surface area contributed by atoms with Gasteiger partial charge in [0.25, 0.3) is 5.56 Å². The summed E-state index contributed by atoms with van der Waals surface area (Å²) in [6.45, 7) is 1.89. The third-order valence-electron chi connectivity index (χ3n) is 2.87. The molecule has 0 aliphatic rings. The molecule has 0 radical (unpaired) electrons. The van der Waals surface area contributed by atoms with Crippen LogP contribution in [0.5, 0.6) is 0 Å². The van der Waals surface area contributed by atoms with Crippen LogP contribution < -0.4 is 5.56 Å². The fourth-order valence-electron chi connectivity index (χ4n) is 1.95. The van der Waals surface area contributed by atoms with Gasteiger partial charge in [0.1, 0.15) is 5.82 Å². The zero-order valence-corrected chi connectivity index (χ0v) is 9.84. The molecular formula is C14H11N3O. The molecule has 0 unspecified atom stereocenters. The molecule has 1 aromatic carbocycles. The van der Waals surface area contributed by atoms with E-state index in [1.807, 2.05) is 37.3 Å². The first kappa shape index (κ1) is 10.7. The third kappa shape index (κ3) is 1.68. The largest absolute Gasteiger partial charge is 0.306 e. The number of aromatic nitrogens is 3. The molecule has 0 fully saturated rings. The predicted octanol–water partition coefficient (Wildman–Crippen LogP) is 2.29. The van der Waals surface area contributed by atoms with Crippen LogP contribution in [0.25, 0.3) is 22.3 Å². The van der Waals surface area contributed by atoms with Crippen LogP contribution in [-0.4, -0.2) is 15.0 Å². The Bertz CT molecular complexity index is 777. The van der Waals surface area contributed by atoms with Crippen LogP contribution in [0.4, 0.5) is 0 Å². The van der Waals surface area contributed by atoms with Crippen molar-refractivity contribution in [3.05, 3.63) is 58.6 Å². The summed E-state index contributed by atoms with van der Waals surface area (Å²) >= 11 is 0. The Hall–Kier alpha value is -2.49. The van der Waals surface area contributed by atoms with Crippen molar-refractivity contribution >= 4 is 10.9 Å². The molecule has 3 rings (SSSR count). The lowest BCUT2D eigenvalue weighted by Crippen LogP contribution is -2.09. The minimum atomic E-state index is -0.126. The van der Waals surface area contributed by atoms with Crippen LogP contribution in [0, 0.1) is 6.92 Å². The van der Waals surface area contributed by atoms with Crippen LogP contribution in [-0.2, 0) is 0 Å². The standard InChI is InChI=1S/C14H11N3O/c1-9-10(6-4-8-15-9)13-16-12-7-3-2-5-11(12)14(18)17-13/h2-8H,1H3,(H,16,17,18). The molecule has 4 heteroatoms. The number of benzene rings is 1. The number of hydrogen-bond donors (Lipinski definition) is 1. The first-order chi connectivity index (χ1) is 8.75. The van der Waals surface area contributed by atoms with E-state index in [9.17, 15) is 4.79 Å². The highest BCUT2D eigenvalue weighted by molar-refractivity contribution is 5.79. The summed E-state index contributed by atoms with van der Waals surface area (Å²) in [5, 5.41) is 0.600. The summed E-state index contributed by atoms with van der Waals surface area (Å²) in [7, 11) is 0. The Labute approximate surface area is 103 Å². The average Bonchev–Trinajstić information content (AvgIpc) is 2.39. The molecule has 88 valence electrons. The lowest BCUT2D eigenvalue weighted by atomic mass is 10.2. The van der Waals surface area contributed by atoms with E-state index in [0.29, 0.717) is 16.7 Å². The predicted molar refractivity (Wildman–Crippen MR) is 70.3 cm³/mol. The van der Waals surface area contributed by atoms with E-state index in [1.54, 1.807) is 12.3 Å². The van der Waals surface area contributed by atoms with Crippen molar-refractivity contribution in [2.24, 2.45) is 0 Å². The number of nitrogens with one attached hydrogen (secondary N) is 1. The number of hydrogen-bond acceptors (Lipinski definition) is 3. The van der Waals surface area contributed by atoms with E-state index in [2.05, 4.69) is 15.0 Å². The minimum Gasteiger partial charge on any atom is -0.306 e. The molecule has 1 N–H and O–H groups in total. The van der Waals surface area contributed by atoms with Gasteiger partial charge in [-0.05, 0) is 31.2 Å². The van der Waals surface area contributed by atoms with Gasteiger partial charge in [0.15, 0.2) is 0 Å². The van der Waals surface area contributed by atoms with Crippen molar-refractivity contribution in [2.45, 2.75) is 6.92 Å². The molecule has 2 heterocycles. The number of aryl methyl sites for hydroxylation is 1. The van der Waals surface area contributed by atoms with Gasteiger partial charge in [-0.15, -0.1) is 0 Å². The normalized spacial score (nSPS) is 10.7. The summed E-state index contributed by atoms with van der Waals surface area (Å²) in [5.41, 5.74) is 2.26. The number of para-hydroxylation sites is 1. The molecule has 0 aliphatic heterocycles. The van der Waals surface area contributed by atoms with E-state index < -0.39 is 0 Å². The maximum absolute atomic E-state index is 12.0. The molecule has 3 aromatic rings. The summed E-state index contributed by atoms with van der Waals surface area (Å²) in [4.78, 5) is 23.4. The van der Waals surface area contributed by atoms with Gasteiger partial charge >= 0.3 is 0 Å². The monoisotopic (exact) mass is 237 g/mol. The lowest BCUT2D eigenvalue weighted by Gasteiger charge is -2.05. The summed E-state index contributed by atoms with van der Waals surface area (Å²) in [6, 6.07) is 11.0. The highest BCUT2D eigenvalue weighted by Crippen LogP contribution is 2.18. The second kappa shape index (κ2) is 4.07. The van der Waals surface area contributed by atoms with Crippen LogP contribution in [0.3, 0.4) is 0 Å². The number of H-pyrrole nitrogens is 1. The van der Waals surface area contributed by atoms with Gasteiger partial charge in [0.05, 0.1) is 10.9 Å². The molecule has 0 saturated heterocycles. The lowest BCUT2D eigenvalue weighted by molar-refractivity contribution is 1.13. The second-order valence-corrected chi connectivity index (χ2v) is 4.07. The van der Waals surface area contributed by atoms with Crippen molar-refractivity contribution in [3.63, 3.8) is 0 Å². The molecule has 18 heavy (non-hydrogen) atoms. The summed E-state index contributed by atoms with van der Waals surface area (Å²) < 4.78 is 0. The van der Waals surface area contributed by atoms with E-state index in [4.69, 9.17) is 0 Å². The smallest absolute Gasteiger partial charge is 0.259 e. The van der Waals surface area contributed by atoms with Crippen molar-refractivity contribution < 1.29 is 0 Å². The molecule has 0 spiro atoms. The highest BCUT2D eigenvalue weighted by Gasteiger charge is 2.07. The van der Waals surface area contributed by atoms with Gasteiger partial charge in [0.2, 0.25) is 0 Å². The first-order valence-corrected chi connectivity index (χ1v) is 5.67. The summed E-state index contributed by atoms with van der Waals surface area (Å²) in [5.74, 6) is 0.560. The Kier molecular flexibility index (Phi) is 2.41. The first-order valence-electron chi connectivity index (χ1n) is 5.67. The quantitative estimate of drug-likeness (QED) is 0.706. The van der Waals surface area contributed by atoms with Gasteiger partial charge in [-0.3, -0.25) is 9.78 Å². The number of aromatic amines is 1. The molecule has 0 atom stereocenters. The van der Waals surface area contributed by atoms with Gasteiger partial charge in [-0.25, -0.2) is 4.98 Å². The number of rotatable bonds is 1. The van der Waals surface area contributed by atoms with E-state index in [1.165, 1.54) is 0 Å². The molecular weight excluding hydrogens is 226 g/mol. The molecule has 0 amide bonds. The topological polar surface area (TPSA) is 58.6 Å². The molecule has 0 aliphatic carbocycles. The Balaban J connectivity index is 2.32. The highest BCUT2D eigenvalue weighted by atomic mass is 16.1. The number of fused-ring (bicyclic) bond motifs is 1. The molecule has 4 nitrogen and oxygen atoms in total. The SMILES string of the molecule is Cc1ncccc1-c1nc2ccccc2c(=O)[nH]1. The van der Waals surface area contributed by atoms with E-state index >= 15 is 0 Å². The second-order valence-electron chi connectivity index (χ2n) is 4.07. The Morgan fingerprint density at radius 2 is 1.94 bits per heavy atom. The molecule has 0 saturated carbocycles. The van der Waals surface area contributed by atoms with Gasteiger partial charge < -0.3 is 4.98 Å². The van der Waals surface area contributed by atoms with Crippen molar-refractivity contribution in [3.8, 4) is 11.4 Å². The van der Waals surface area contributed by atoms with Crippen LogP contribution >= 0.6 is 0 Å².